The van der Waals surface area contributed by atoms with Crippen molar-refractivity contribution in [2.45, 2.75) is 26.7 Å². The molecule has 3 heteroatoms. The minimum Gasteiger partial charge on any atom is -0.198 e. The molecule has 0 aromatic heterocycles. The summed E-state index contributed by atoms with van der Waals surface area (Å²) in [7, 11) is 0. The molecule has 0 radical (unpaired) electrons. The van der Waals surface area contributed by atoms with Crippen molar-refractivity contribution in [3.05, 3.63) is 33.3 Å². The normalized spacial score (nSPS) is 9.88. The molecule has 0 aliphatic rings. The Balaban J connectivity index is 3.27. The molecule has 0 aliphatic carbocycles. The van der Waals surface area contributed by atoms with Crippen molar-refractivity contribution in [2.75, 3.05) is 0 Å². The van der Waals surface area contributed by atoms with E-state index in [1.807, 2.05) is 6.07 Å². The minimum atomic E-state index is 0.395. The van der Waals surface area contributed by atoms with Gasteiger partial charge >= 0.3 is 0 Å². The van der Waals surface area contributed by atoms with Gasteiger partial charge in [-0.1, -0.05) is 19.9 Å². The summed E-state index contributed by atoms with van der Waals surface area (Å²) in [5.74, 6) is 0.502. The van der Waals surface area contributed by atoms with Gasteiger partial charge < -0.3 is 0 Å². The highest BCUT2D eigenvalue weighted by Gasteiger charge is 2.12. The third kappa shape index (κ3) is 2.84. The van der Waals surface area contributed by atoms with Crippen LogP contribution in [0, 0.1) is 28.6 Å². The lowest BCUT2D eigenvalue weighted by atomic mass is 9.95. The molecule has 2 nitrogen and oxygen atoms in total. The first-order valence-electron chi connectivity index (χ1n) is 5.17. The van der Waals surface area contributed by atoms with E-state index in [0.717, 1.165) is 22.0 Å². The highest BCUT2D eigenvalue weighted by Crippen LogP contribution is 2.27. The molecular formula is C13H13BrN2. The fraction of sp³-hybridized carbons (Fsp3) is 0.385. The van der Waals surface area contributed by atoms with Crippen LogP contribution in [0.2, 0.25) is 0 Å². The van der Waals surface area contributed by atoms with E-state index < -0.39 is 0 Å². The summed E-state index contributed by atoms with van der Waals surface area (Å²) in [6.07, 6.45) is 1.28. The van der Waals surface area contributed by atoms with Gasteiger partial charge in [-0.15, -0.1) is 0 Å². The molecule has 0 atom stereocenters. The van der Waals surface area contributed by atoms with E-state index in [4.69, 9.17) is 10.5 Å². The molecule has 1 rings (SSSR count). The predicted octanol–water partition coefficient (Wildman–Crippen LogP) is 3.59. The molecule has 0 N–H and O–H groups in total. The van der Waals surface area contributed by atoms with Crippen LogP contribution in [-0.4, -0.2) is 0 Å². The number of benzene rings is 1. The Bertz CT molecular complexity index is 464. The lowest BCUT2D eigenvalue weighted by molar-refractivity contribution is 0.642. The van der Waals surface area contributed by atoms with Crippen LogP contribution in [0.4, 0.5) is 0 Å². The first kappa shape index (κ1) is 12.7. The Kier molecular flexibility index (Phi) is 4.52. The Morgan fingerprint density at radius 2 is 2.00 bits per heavy atom. The molecule has 1 aromatic carbocycles. The molecule has 0 heterocycles. The van der Waals surface area contributed by atoms with Crippen LogP contribution >= 0.6 is 15.9 Å². The van der Waals surface area contributed by atoms with Gasteiger partial charge in [0.15, 0.2) is 0 Å². The van der Waals surface area contributed by atoms with Crippen molar-refractivity contribution in [3.63, 3.8) is 0 Å². The second-order valence-corrected chi connectivity index (χ2v) is 4.90. The quantitative estimate of drug-likeness (QED) is 0.847. The summed E-state index contributed by atoms with van der Waals surface area (Å²) in [6, 6.07) is 7.95. The Labute approximate surface area is 105 Å². The van der Waals surface area contributed by atoms with Crippen LogP contribution in [0.25, 0.3) is 0 Å². The van der Waals surface area contributed by atoms with Gasteiger partial charge in [-0.25, -0.2) is 0 Å². The average Bonchev–Trinajstić information content (AvgIpc) is 2.23. The molecule has 0 aliphatic heterocycles. The van der Waals surface area contributed by atoms with Crippen LogP contribution in [-0.2, 0) is 12.8 Å². The molecule has 0 spiro atoms. The van der Waals surface area contributed by atoms with E-state index in [0.29, 0.717) is 17.9 Å². The molecule has 0 amide bonds. The van der Waals surface area contributed by atoms with E-state index in [1.165, 1.54) is 0 Å². The van der Waals surface area contributed by atoms with Gasteiger partial charge in [-0.05, 0) is 45.5 Å². The Morgan fingerprint density at radius 3 is 2.50 bits per heavy atom. The molecule has 0 fully saturated rings. The first-order valence-corrected chi connectivity index (χ1v) is 5.96. The number of nitrogens with zero attached hydrogens (tertiary/aromatic N) is 2. The highest BCUT2D eigenvalue weighted by atomic mass is 79.9. The third-order valence-electron chi connectivity index (χ3n) is 2.34. The third-order valence-corrected chi connectivity index (χ3v) is 3.25. The maximum absolute atomic E-state index is 8.95. The first-order chi connectivity index (χ1) is 7.60. The van der Waals surface area contributed by atoms with Gasteiger partial charge in [0.25, 0.3) is 0 Å². The monoisotopic (exact) mass is 276 g/mol. The summed E-state index contributed by atoms with van der Waals surface area (Å²) in [4.78, 5) is 0. The van der Waals surface area contributed by atoms with Gasteiger partial charge in [0.1, 0.15) is 6.07 Å². The Morgan fingerprint density at radius 1 is 1.31 bits per heavy atom. The van der Waals surface area contributed by atoms with E-state index in [-0.39, 0.29) is 0 Å². The molecule has 0 bridgehead atoms. The number of nitriles is 2. The van der Waals surface area contributed by atoms with Crippen molar-refractivity contribution < 1.29 is 0 Å². The molecule has 0 unspecified atom stereocenters. The van der Waals surface area contributed by atoms with E-state index in [9.17, 15) is 0 Å². The Hall–Kier alpha value is -1.32. The smallest absolute Gasteiger partial charge is 0.100 e. The zero-order valence-corrected chi connectivity index (χ0v) is 11.0. The molecule has 16 heavy (non-hydrogen) atoms. The summed E-state index contributed by atoms with van der Waals surface area (Å²) in [6.45, 7) is 4.25. The fourth-order valence-corrected chi connectivity index (χ4v) is 2.26. The second kappa shape index (κ2) is 5.68. The van der Waals surface area contributed by atoms with Crippen LogP contribution in [0.5, 0.6) is 0 Å². The lowest BCUT2D eigenvalue weighted by Crippen LogP contribution is -2.02. The standard InChI is InChI=1S/C13H13BrN2/c1-9(2)7-12-10(5-6-15)3-4-11(8-16)13(12)14/h3-4,9H,5,7H2,1-2H3. The van der Waals surface area contributed by atoms with Crippen molar-refractivity contribution >= 4 is 15.9 Å². The number of rotatable bonds is 3. The molecule has 0 saturated carbocycles. The van der Waals surface area contributed by atoms with Crippen molar-refractivity contribution in [3.8, 4) is 12.1 Å². The maximum Gasteiger partial charge on any atom is 0.100 e. The van der Waals surface area contributed by atoms with Gasteiger partial charge in [0.05, 0.1) is 18.1 Å². The number of hydrogen-bond acceptors (Lipinski definition) is 2. The van der Waals surface area contributed by atoms with Gasteiger partial charge in [-0.3, -0.25) is 0 Å². The zero-order valence-electron chi connectivity index (χ0n) is 9.42. The van der Waals surface area contributed by atoms with Crippen molar-refractivity contribution in [1.29, 1.82) is 10.5 Å². The van der Waals surface area contributed by atoms with Gasteiger partial charge in [0, 0.05) is 4.47 Å². The number of halogens is 1. The van der Waals surface area contributed by atoms with Crippen LogP contribution in [0.3, 0.4) is 0 Å². The van der Waals surface area contributed by atoms with Crippen molar-refractivity contribution in [2.24, 2.45) is 5.92 Å². The summed E-state index contributed by atoms with van der Waals surface area (Å²) < 4.78 is 0.844. The average molecular weight is 277 g/mol. The molecule has 0 saturated heterocycles. The molecule has 82 valence electrons. The minimum absolute atomic E-state index is 0.395. The van der Waals surface area contributed by atoms with Crippen LogP contribution < -0.4 is 0 Å². The van der Waals surface area contributed by atoms with E-state index in [2.05, 4.69) is 41.9 Å². The highest BCUT2D eigenvalue weighted by molar-refractivity contribution is 9.10. The molecular weight excluding hydrogens is 264 g/mol. The topological polar surface area (TPSA) is 47.6 Å². The van der Waals surface area contributed by atoms with E-state index in [1.54, 1.807) is 6.07 Å². The van der Waals surface area contributed by atoms with Gasteiger partial charge in [0.2, 0.25) is 0 Å². The lowest BCUT2D eigenvalue weighted by Gasteiger charge is -2.12. The fourth-order valence-electron chi connectivity index (χ4n) is 1.63. The van der Waals surface area contributed by atoms with Gasteiger partial charge in [-0.2, -0.15) is 10.5 Å². The maximum atomic E-state index is 8.95. The molecule has 1 aromatic rings. The summed E-state index contributed by atoms with van der Waals surface area (Å²) >= 11 is 3.46. The van der Waals surface area contributed by atoms with E-state index >= 15 is 0 Å². The largest absolute Gasteiger partial charge is 0.198 e. The van der Waals surface area contributed by atoms with Crippen LogP contribution in [0.1, 0.15) is 30.5 Å². The second-order valence-electron chi connectivity index (χ2n) is 4.11. The number of hydrogen-bond donors (Lipinski definition) is 0. The SMILES string of the molecule is CC(C)Cc1c(CC#N)ccc(C#N)c1Br. The predicted molar refractivity (Wildman–Crippen MR) is 66.7 cm³/mol. The summed E-state index contributed by atoms with van der Waals surface area (Å²) in [5.41, 5.74) is 2.75. The van der Waals surface area contributed by atoms with Crippen molar-refractivity contribution in [1.82, 2.24) is 0 Å². The zero-order chi connectivity index (χ0) is 12.1. The van der Waals surface area contributed by atoms with Crippen LogP contribution in [0.15, 0.2) is 16.6 Å². The summed E-state index contributed by atoms with van der Waals surface area (Å²) in [5, 5.41) is 17.7.